The Morgan fingerprint density at radius 1 is 1.16 bits per heavy atom. The number of aromatic nitrogens is 3. The zero-order valence-electron chi connectivity index (χ0n) is 13.8. The summed E-state index contributed by atoms with van der Waals surface area (Å²) in [6.07, 6.45) is 3.93. The van der Waals surface area contributed by atoms with E-state index in [0.29, 0.717) is 15.3 Å². The lowest BCUT2D eigenvalue weighted by molar-refractivity contribution is 0.936. The maximum absolute atomic E-state index is 12.6. The summed E-state index contributed by atoms with van der Waals surface area (Å²) >= 11 is 3.06. The molecule has 4 aromatic rings. The van der Waals surface area contributed by atoms with Gasteiger partial charge in [0.05, 0.1) is 4.53 Å². The second-order valence-corrected chi connectivity index (χ2v) is 7.58. The van der Waals surface area contributed by atoms with Crippen LogP contribution in [0.3, 0.4) is 0 Å². The minimum Gasteiger partial charge on any atom is -0.266 e. The van der Waals surface area contributed by atoms with Crippen molar-refractivity contribution in [1.82, 2.24) is 14.6 Å². The zero-order chi connectivity index (χ0) is 17.4. The zero-order valence-corrected chi connectivity index (χ0v) is 15.4. The number of hydrogen-bond acceptors (Lipinski definition) is 5. The van der Waals surface area contributed by atoms with Gasteiger partial charge in [-0.1, -0.05) is 47.2 Å². The van der Waals surface area contributed by atoms with Crippen LogP contribution in [0.4, 0.5) is 0 Å². The van der Waals surface area contributed by atoms with E-state index in [1.54, 1.807) is 11.8 Å². The van der Waals surface area contributed by atoms with Crippen LogP contribution in [0.25, 0.3) is 22.4 Å². The van der Waals surface area contributed by atoms with Crippen molar-refractivity contribution in [2.24, 2.45) is 0 Å². The fourth-order valence-corrected chi connectivity index (χ4v) is 3.91. The van der Waals surface area contributed by atoms with Crippen molar-refractivity contribution < 1.29 is 0 Å². The Morgan fingerprint density at radius 3 is 2.64 bits per heavy atom. The summed E-state index contributed by atoms with van der Waals surface area (Å²) in [5.41, 5.74) is 2.94. The molecular formula is C19H15N3OS2. The van der Waals surface area contributed by atoms with Crippen LogP contribution in [0.15, 0.2) is 58.2 Å². The van der Waals surface area contributed by atoms with E-state index in [0.717, 1.165) is 16.7 Å². The van der Waals surface area contributed by atoms with E-state index in [9.17, 15) is 4.79 Å². The Labute approximate surface area is 152 Å². The molecule has 124 valence electrons. The molecular weight excluding hydrogens is 350 g/mol. The van der Waals surface area contributed by atoms with Crippen LogP contribution in [0.1, 0.15) is 11.1 Å². The van der Waals surface area contributed by atoms with Crippen molar-refractivity contribution in [3.8, 4) is 11.4 Å². The fraction of sp³-hybridized carbons (Fsp3) is 0.105. The molecule has 2 aromatic carbocycles. The third kappa shape index (κ3) is 3.10. The number of benzene rings is 2. The number of hydrogen-bond donors (Lipinski definition) is 0. The molecule has 0 atom stereocenters. The van der Waals surface area contributed by atoms with Crippen LogP contribution in [0.5, 0.6) is 0 Å². The maximum atomic E-state index is 12.6. The molecule has 0 bridgehead atoms. The van der Waals surface area contributed by atoms with Gasteiger partial charge in [-0.3, -0.25) is 4.79 Å². The Balaban J connectivity index is 1.77. The molecule has 4 rings (SSSR count). The van der Waals surface area contributed by atoms with Crippen LogP contribution in [0, 0.1) is 6.92 Å². The minimum absolute atomic E-state index is 0.125. The number of thioether (sulfide) groups is 1. The van der Waals surface area contributed by atoms with E-state index < -0.39 is 0 Å². The molecule has 0 aliphatic rings. The summed E-state index contributed by atoms with van der Waals surface area (Å²) in [7, 11) is 0. The minimum atomic E-state index is -0.125. The molecule has 2 aromatic heterocycles. The lowest BCUT2D eigenvalue weighted by Crippen LogP contribution is -2.23. The SMILES string of the molecule is CSc1ccc(/C=c2/sc3nc(-c4cccc(C)c4)nn3c2=O)cc1. The lowest BCUT2D eigenvalue weighted by atomic mass is 10.1. The molecule has 0 N–H and O–H groups in total. The first-order chi connectivity index (χ1) is 12.1. The van der Waals surface area contributed by atoms with Crippen LogP contribution in [0.2, 0.25) is 0 Å². The summed E-state index contributed by atoms with van der Waals surface area (Å²) in [6.45, 7) is 2.02. The molecule has 2 heterocycles. The summed E-state index contributed by atoms with van der Waals surface area (Å²) in [5, 5.41) is 4.39. The predicted octanol–water partition coefficient (Wildman–Crippen LogP) is 3.40. The van der Waals surface area contributed by atoms with Gasteiger partial charge in [-0.15, -0.1) is 16.9 Å². The topological polar surface area (TPSA) is 47.3 Å². The first-order valence-corrected chi connectivity index (χ1v) is 9.80. The first-order valence-electron chi connectivity index (χ1n) is 7.76. The standard InChI is InChI=1S/C19H15N3OS2/c1-12-4-3-5-14(10-12)17-20-19-22(21-17)18(23)16(25-19)11-13-6-8-15(24-2)9-7-13/h3-11H,1-2H3/b16-11+. The van der Waals surface area contributed by atoms with E-state index in [1.165, 1.54) is 20.7 Å². The van der Waals surface area contributed by atoms with Crippen LogP contribution in [-0.2, 0) is 0 Å². The van der Waals surface area contributed by atoms with Crippen molar-refractivity contribution in [3.05, 3.63) is 74.5 Å². The summed E-state index contributed by atoms with van der Waals surface area (Å²) in [6, 6.07) is 16.1. The monoisotopic (exact) mass is 365 g/mol. The maximum Gasteiger partial charge on any atom is 0.291 e. The van der Waals surface area contributed by atoms with E-state index >= 15 is 0 Å². The van der Waals surface area contributed by atoms with Crippen LogP contribution < -0.4 is 10.1 Å². The predicted molar refractivity (Wildman–Crippen MR) is 104 cm³/mol. The molecule has 0 fully saturated rings. The van der Waals surface area contributed by atoms with E-state index in [1.807, 2.05) is 67.8 Å². The summed E-state index contributed by atoms with van der Waals surface area (Å²) in [4.78, 5) is 18.9. The molecule has 0 radical (unpaired) electrons. The summed E-state index contributed by atoms with van der Waals surface area (Å²) in [5.74, 6) is 0.586. The van der Waals surface area contributed by atoms with Crippen molar-refractivity contribution in [3.63, 3.8) is 0 Å². The van der Waals surface area contributed by atoms with Gasteiger partial charge in [0.15, 0.2) is 5.82 Å². The average Bonchev–Trinajstić information content (AvgIpc) is 3.16. The Morgan fingerprint density at radius 2 is 1.96 bits per heavy atom. The highest BCUT2D eigenvalue weighted by atomic mass is 32.2. The highest BCUT2D eigenvalue weighted by Crippen LogP contribution is 2.18. The van der Waals surface area contributed by atoms with E-state index in [2.05, 4.69) is 10.1 Å². The van der Waals surface area contributed by atoms with E-state index in [-0.39, 0.29) is 5.56 Å². The highest BCUT2D eigenvalue weighted by Gasteiger charge is 2.11. The molecule has 0 saturated carbocycles. The Hall–Kier alpha value is -2.44. The van der Waals surface area contributed by atoms with Crippen molar-refractivity contribution in [2.75, 3.05) is 6.26 Å². The number of thiazole rings is 1. The van der Waals surface area contributed by atoms with Gasteiger partial charge >= 0.3 is 0 Å². The largest absolute Gasteiger partial charge is 0.291 e. The molecule has 0 amide bonds. The number of rotatable bonds is 3. The van der Waals surface area contributed by atoms with Gasteiger partial charge in [-0.25, -0.2) is 0 Å². The normalized spacial score (nSPS) is 12.2. The quantitative estimate of drug-likeness (QED) is 0.522. The van der Waals surface area contributed by atoms with Gasteiger partial charge in [0.25, 0.3) is 5.56 Å². The molecule has 0 saturated heterocycles. The van der Waals surface area contributed by atoms with Gasteiger partial charge < -0.3 is 0 Å². The van der Waals surface area contributed by atoms with Gasteiger partial charge in [0, 0.05) is 10.5 Å². The smallest absolute Gasteiger partial charge is 0.266 e. The molecule has 4 nitrogen and oxygen atoms in total. The highest BCUT2D eigenvalue weighted by molar-refractivity contribution is 7.98. The van der Waals surface area contributed by atoms with E-state index in [4.69, 9.17) is 0 Å². The number of aryl methyl sites for hydroxylation is 1. The third-order valence-electron chi connectivity index (χ3n) is 3.87. The van der Waals surface area contributed by atoms with Crippen LogP contribution in [-0.4, -0.2) is 20.9 Å². The first kappa shape index (κ1) is 16.1. The molecule has 6 heteroatoms. The van der Waals surface area contributed by atoms with Gasteiger partial charge in [0.2, 0.25) is 4.96 Å². The lowest BCUT2D eigenvalue weighted by Gasteiger charge is -1.96. The second kappa shape index (κ2) is 6.46. The van der Waals surface area contributed by atoms with Gasteiger partial charge in [-0.2, -0.15) is 9.50 Å². The number of nitrogens with zero attached hydrogens (tertiary/aromatic N) is 3. The molecule has 0 aliphatic carbocycles. The van der Waals surface area contributed by atoms with Crippen LogP contribution >= 0.6 is 23.1 Å². The molecule has 25 heavy (non-hydrogen) atoms. The van der Waals surface area contributed by atoms with Crippen molar-refractivity contribution >= 4 is 34.1 Å². The summed E-state index contributed by atoms with van der Waals surface area (Å²) < 4.78 is 2.03. The third-order valence-corrected chi connectivity index (χ3v) is 5.57. The van der Waals surface area contributed by atoms with Gasteiger partial charge in [0.1, 0.15) is 0 Å². The fourth-order valence-electron chi connectivity index (χ4n) is 2.59. The van der Waals surface area contributed by atoms with Crippen molar-refractivity contribution in [2.45, 2.75) is 11.8 Å². The molecule has 0 spiro atoms. The molecule has 0 aliphatic heterocycles. The van der Waals surface area contributed by atoms with Gasteiger partial charge in [-0.05, 0) is 43.0 Å². The average molecular weight is 365 g/mol. The number of fused-ring (bicyclic) bond motifs is 1. The Kier molecular flexibility index (Phi) is 4.15. The molecule has 0 unspecified atom stereocenters. The van der Waals surface area contributed by atoms with Crippen molar-refractivity contribution in [1.29, 1.82) is 0 Å². The second-order valence-electron chi connectivity index (χ2n) is 5.69. The Bertz CT molecular complexity index is 1160.